The van der Waals surface area contributed by atoms with Gasteiger partial charge in [0.15, 0.2) is 11.5 Å². The Morgan fingerprint density at radius 1 is 1.12 bits per heavy atom. The average molecular weight is 486 g/mol. The van der Waals surface area contributed by atoms with Gasteiger partial charge >= 0.3 is 0 Å². The highest BCUT2D eigenvalue weighted by atomic mass is 35.5. The summed E-state index contributed by atoms with van der Waals surface area (Å²) in [6.45, 7) is 5.59. The van der Waals surface area contributed by atoms with Crippen molar-refractivity contribution in [3.05, 3.63) is 71.3 Å². The zero-order chi connectivity index (χ0) is 24.0. The Morgan fingerprint density at radius 2 is 2.00 bits per heavy atom. The minimum absolute atomic E-state index is 0.208. The van der Waals surface area contributed by atoms with E-state index in [4.69, 9.17) is 25.8 Å². The highest BCUT2D eigenvalue weighted by Crippen LogP contribution is 2.31. The lowest BCUT2D eigenvalue weighted by Crippen LogP contribution is -2.51. The van der Waals surface area contributed by atoms with Crippen molar-refractivity contribution < 1.29 is 19.3 Å². The third-order valence-electron chi connectivity index (χ3n) is 6.02. The standard InChI is InChI=1S/C26H32ClN3O4/c1-20-4-6-22(27)24(14-20)34-18-26(31)8-3-10-30(17-26)16-21-5-7-23(25(15-21)32-2)33-13-12-29-11-9-28-19-29/h4-7,9,11,14-15,19,31H,3,8,10,12-13,16-18H2,1-2H3/t26-/m0/s1. The molecule has 7 nitrogen and oxygen atoms in total. The number of aryl methyl sites for hydroxylation is 1. The van der Waals surface area contributed by atoms with Gasteiger partial charge in [-0.2, -0.15) is 0 Å². The molecule has 1 N–H and O–H groups in total. The van der Waals surface area contributed by atoms with Crippen molar-refractivity contribution in [1.82, 2.24) is 14.5 Å². The Bertz CT molecular complexity index is 1080. The molecule has 1 aliphatic heterocycles. The van der Waals surface area contributed by atoms with E-state index < -0.39 is 5.60 Å². The maximum absolute atomic E-state index is 11.2. The van der Waals surface area contributed by atoms with Gasteiger partial charge in [-0.3, -0.25) is 4.90 Å². The van der Waals surface area contributed by atoms with Crippen LogP contribution in [0.15, 0.2) is 55.1 Å². The van der Waals surface area contributed by atoms with Crippen molar-refractivity contribution in [3.8, 4) is 17.2 Å². The lowest BCUT2D eigenvalue weighted by Gasteiger charge is -2.39. The molecule has 0 saturated carbocycles. The van der Waals surface area contributed by atoms with Crippen LogP contribution in [0.25, 0.3) is 0 Å². The number of rotatable bonds is 10. The summed E-state index contributed by atoms with van der Waals surface area (Å²) in [5, 5.41) is 11.8. The first-order valence-corrected chi connectivity index (χ1v) is 11.9. The third-order valence-corrected chi connectivity index (χ3v) is 6.33. The predicted octanol–water partition coefficient (Wildman–Crippen LogP) is 4.34. The molecule has 0 amide bonds. The van der Waals surface area contributed by atoms with Gasteiger partial charge in [-0.05, 0) is 61.7 Å². The molecule has 1 aliphatic rings. The lowest BCUT2D eigenvalue weighted by atomic mass is 9.93. The van der Waals surface area contributed by atoms with Crippen LogP contribution in [-0.2, 0) is 13.1 Å². The monoisotopic (exact) mass is 485 g/mol. The van der Waals surface area contributed by atoms with Crippen LogP contribution in [0.3, 0.4) is 0 Å². The van der Waals surface area contributed by atoms with E-state index in [1.807, 2.05) is 54.1 Å². The Hall–Kier alpha value is -2.74. The number of imidazole rings is 1. The molecule has 3 aromatic rings. The maximum Gasteiger partial charge on any atom is 0.161 e. The van der Waals surface area contributed by atoms with E-state index in [0.29, 0.717) is 54.9 Å². The maximum atomic E-state index is 11.2. The molecule has 1 aromatic heterocycles. The summed E-state index contributed by atoms with van der Waals surface area (Å²) in [5.41, 5.74) is 1.25. The Kier molecular flexibility index (Phi) is 7.98. The average Bonchev–Trinajstić information content (AvgIpc) is 3.34. The van der Waals surface area contributed by atoms with Gasteiger partial charge in [-0.15, -0.1) is 0 Å². The summed E-state index contributed by atoms with van der Waals surface area (Å²) in [6, 6.07) is 11.7. The number of piperidine rings is 1. The van der Waals surface area contributed by atoms with Gasteiger partial charge in [0.2, 0.25) is 0 Å². The normalized spacial score (nSPS) is 18.6. The Labute approximate surface area is 205 Å². The van der Waals surface area contributed by atoms with Crippen molar-refractivity contribution in [3.63, 3.8) is 0 Å². The smallest absolute Gasteiger partial charge is 0.161 e. The first kappa shape index (κ1) is 24.4. The van der Waals surface area contributed by atoms with Gasteiger partial charge in [0.25, 0.3) is 0 Å². The van der Waals surface area contributed by atoms with Gasteiger partial charge in [0.1, 0.15) is 24.6 Å². The van der Waals surface area contributed by atoms with Crippen LogP contribution < -0.4 is 14.2 Å². The summed E-state index contributed by atoms with van der Waals surface area (Å²) in [5.74, 6) is 2.03. The first-order valence-electron chi connectivity index (χ1n) is 11.5. The van der Waals surface area contributed by atoms with E-state index in [2.05, 4.69) is 9.88 Å². The molecule has 8 heteroatoms. The van der Waals surface area contributed by atoms with Crippen LogP contribution in [0, 0.1) is 6.92 Å². The predicted molar refractivity (Wildman–Crippen MR) is 132 cm³/mol. The molecule has 4 rings (SSSR count). The number of ether oxygens (including phenoxy) is 3. The van der Waals surface area contributed by atoms with Crippen LogP contribution in [-0.4, -0.2) is 58.6 Å². The Balaban J connectivity index is 1.33. The fourth-order valence-electron chi connectivity index (χ4n) is 4.26. The zero-order valence-corrected chi connectivity index (χ0v) is 20.5. The zero-order valence-electron chi connectivity index (χ0n) is 19.7. The number of benzene rings is 2. The summed E-state index contributed by atoms with van der Waals surface area (Å²) in [4.78, 5) is 6.29. The third kappa shape index (κ3) is 6.44. The van der Waals surface area contributed by atoms with Crippen molar-refractivity contribution in [2.75, 3.05) is 33.4 Å². The second kappa shape index (κ2) is 11.1. The number of hydrogen-bond acceptors (Lipinski definition) is 6. The second-order valence-electron chi connectivity index (χ2n) is 8.90. The van der Waals surface area contributed by atoms with Crippen LogP contribution in [0.5, 0.6) is 17.2 Å². The number of hydrogen-bond donors (Lipinski definition) is 1. The SMILES string of the molecule is COc1cc(CN2CCC[C@@](O)(COc3cc(C)ccc3Cl)C2)ccc1OCCn1ccnc1. The molecule has 182 valence electrons. The van der Waals surface area contributed by atoms with E-state index in [-0.39, 0.29) is 6.61 Å². The van der Waals surface area contributed by atoms with Crippen molar-refractivity contribution in [2.24, 2.45) is 0 Å². The number of halogens is 1. The van der Waals surface area contributed by atoms with E-state index in [1.54, 1.807) is 19.6 Å². The molecular formula is C26H32ClN3O4. The topological polar surface area (TPSA) is 69.0 Å². The molecule has 0 unspecified atom stereocenters. The summed E-state index contributed by atoms with van der Waals surface area (Å²) in [6.07, 6.45) is 7.02. The van der Waals surface area contributed by atoms with Crippen LogP contribution in [0.1, 0.15) is 24.0 Å². The minimum Gasteiger partial charge on any atom is -0.493 e. The number of aromatic nitrogens is 2. The molecule has 0 bridgehead atoms. The van der Waals surface area contributed by atoms with Gasteiger partial charge in [0, 0.05) is 25.5 Å². The first-order chi connectivity index (χ1) is 16.4. The summed E-state index contributed by atoms with van der Waals surface area (Å²) >= 11 is 6.25. The lowest BCUT2D eigenvalue weighted by molar-refractivity contribution is -0.0621. The van der Waals surface area contributed by atoms with Gasteiger partial charge in [-0.25, -0.2) is 4.98 Å². The molecule has 0 radical (unpaired) electrons. The second-order valence-corrected chi connectivity index (χ2v) is 9.30. The van der Waals surface area contributed by atoms with Crippen LogP contribution in [0.2, 0.25) is 5.02 Å². The fraction of sp³-hybridized carbons (Fsp3) is 0.423. The molecule has 2 heterocycles. The number of nitrogens with zero attached hydrogens (tertiary/aromatic N) is 3. The van der Waals surface area contributed by atoms with E-state index >= 15 is 0 Å². The van der Waals surface area contributed by atoms with Crippen LogP contribution in [0.4, 0.5) is 0 Å². The molecule has 1 saturated heterocycles. The molecule has 34 heavy (non-hydrogen) atoms. The van der Waals surface area contributed by atoms with E-state index in [0.717, 1.165) is 24.1 Å². The van der Waals surface area contributed by atoms with Gasteiger partial charge in [-0.1, -0.05) is 23.7 Å². The highest BCUT2D eigenvalue weighted by Gasteiger charge is 2.34. The summed E-state index contributed by atoms with van der Waals surface area (Å²) < 4.78 is 19.4. The van der Waals surface area contributed by atoms with Crippen molar-refractivity contribution >= 4 is 11.6 Å². The number of likely N-dealkylation sites (tertiary alicyclic amines) is 1. The number of methoxy groups -OCH3 is 1. The van der Waals surface area contributed by atoms with Gasteiger partial charge in [0.05, 0.1) is 25.0 Å². The van der Waals surface area contributed by atoms with Crippen molar-refractivity contribution in [1.29, 1.82) is 0 Å². The minimum atomic E-state index is -0.925. The van der Waals surface area contributed by atoms with Gasteiger partial charge < -0.3 is 23.9 Å². The van der Waals surface area contributed by atoms with E-state index in [9.17, 15) is 5.11 Å². The largest absolute Gasteiger partial charge is 0.493 e. The molecule has 0 spiro atoms. The fourth-order valence-corrected chi connectivity index (χ4v) is 4.43. The summed E-state index contributed by atoms with van der Waals surface area (Å²) in [7, 11) is 1.65. The quantitative estimate of drug-likeness (QED) is 0.460. The Morgan fingerprint density at radius 3 is 2.79 bits per heavy atom. The van der Waals surface area contributed by atoms with Crippen molar-refractivity contribution in [2.45, 2.75) is 38.5 Å². The van der Waals surface area contributed by atoms with Crippen LogP contribution >= 0.6 is 11.6 Å². The number of aliphatic hydroxyl groups is 1. The molecular weight excluding hydrogens is 454 g/mol. The molecule has 1 fully saturated rings. The molecule has 1 atom stereocenters. The highest BCUT2D eigenvalue weighted by molar-refractivity contribution is 6.32. The molecule has 2 aromatic carbocycles. The number of β-amino-alcohol motifs (C(OH)–C–C–N with tert-alkyl or cyclic N) is 1. The van der Waals surface area contributed by atoms with E-state index in [1.165, 1.54) is 0 Å². The molecule has 0 aliphatic carbocycles.